The quantitative estimate of drug-likeness (QED) is 0.882. The molecule has 7 heteroatoms. The molecule has 1 N–H and O–H groups in total. The largest absolute Gasteiger partial charge is 0.339 e. The molecule has 2 aromatic rings. The number of piperazine rings is 1. The van der Waals surface area contributed by atoms with E-state index in [1.54, 1.807) is 52.4 Å². The zero-order valence-electron chi connectivity index (χ0n) is 16.1. The minimum Gasteiger partial charge on any atom is -0.339 e. The molecule has 1 saturated heterocycles. The monoisotopic (exact) mass is 380 g/mol. The average Bonchev–Trinajstić information content (AvgIpc) is 2.73. The molecule has 1 aliphatic rings. The lowest BCUT2D eigenvalue weighted by Gasteiger charge is -2.35. The van der Waals surface area contributed by atoms with Gasteiger partial charge in [0.2, 0.25) is 5.91 Å². The van der Waals surface area contributed by atoms with E-state index < -0.39 is 0 Å². The van der Waals surface area contributed by atoms with Crippen LogP contribution in [0.4, 0.5) is 5.69 Å². The van der Waals surface area contributed by atoms with Gasteiger partial charge < -0.3 is 15.1 Å². The van der Waals surface area contributed by atoms with Crippen molar-refractivity contribution in [2.75, 3.05) is 31.5 Å². The van der Waals surface area contributed by atoms with Crippen LogP contribution < -0.4 is 5.32 Å². The Morgan fingerprint density at radius 3 is 2.29 bits per heavy atom. The number of hydrogen-bond donors (Lipinski definition) is 1. The molecule has 1 aromatic heterocycles. The summed E-state index contributed by atoms with van der Waals surface area (Å²) in [6, 6.07) is 10.2. The van der Waals surface area contributed by atoms with Gasteiger partial charge in [-0.15, -0.1) is 0 Å². The van der Waals surface area contributed by atoms with E-state index in [9.17, 15) is 14.4 Å². The third-order valence-electron chi connectivity index (χ3n) is 4.66. The van der Waals surface area contributed by atoms with Gasteiger partial charge in [0.15, 0.2) is 0 Å². The first-order valence-electron chi connectivity index (χ1n) is 9.35. The third-order valence-corrected chi connectivity index (χ3v) is 4.66. The molecule has 2 heterocycles. The maximum absolute atomic E-state index is 12.8. The van der Waals surface area contributed by atoms with Gasteiger partial charge in [-0.1, -0.05) is 19.9 Å². The molecule has 3 amide bonds. The van der Waals surface area contributed by atoms with Gasteiger partial charge in [-0.3, -0.25) is 19.4 Å². The number of nitrogens with one attached hydrogen (secondary N) is 1. The molecule has 0 radical (unpaired) electrons. The topological polar surface area (TPSA) is 82.6 Å². The summed E-state index contributed by atoms with van der Waals surface area (Å²) in [6.45, 7) is 5.85. The van der Waals surface area contributed by atoms with E-state index >= 15 is 0 Å². The summed E-state index contributed by atoms with van der Waals surface area (Å²) >= 11 is 0. The fourth-order valence-electron chi connectivity index (χ4n) is 3.11. The van der Waals surface area contributed by atoms with Gasteiger partial charge in [0.1, 0.15) is 0 Å². The highest BCUT2D eigenvalue weighted by Crippen LogP contribution is 2.16. The fourth-order valence-corrected chi connectivity index (χ4v) is 3.11. The van der Waals surface area contributed by atoms with Crippen LogP contribution in [0.25, 0.3) is 0 Å². The summed E-state index contributed by atoms with van der Waals surface area (Å²) in [5.74, 6) is -0.304. The number of pyridine rings is 1. The number of carbonyl (C=O) groups is 3. The van der Waals surface area contributed by atoms with Crippen molar-refractivity contribution in [1.29, 1.82) is 0 Å². The van der Waals surface area contributed by atoms with Crippen LogP contribution in [0, 0.1) is 5.92 Å². The molecule has 0 spiro atoms. The Morgan fingerprint density at radius 1 is 0.964 bits per heavy atom. The predicted molar refractivity (Wildman–Crippen MR) is 106 cm³/mol. The number of carbonyl (C=O) groups excluding carboxylic acids is 3. The van der Waals surface area contributed by atoms with Crippen LogP contribution in [0.15, 0.2) is 48.8 Å². The molecule has 0 bridgehead atoms. The first-order valence-corrected chi connectivity index (χ1v) is 9.35. The highest BCUT2D eigenvalue weighted by atomic mass is 16.2. The Balaban J connectivity index is 1.63. The Kier molecular flexibility index (Phi) is 6.03. The normalized spacial score (nSPS) is 14.1. The molecule has 1 aliphatic heterocycles. The van der Waals surface area contributed by atoms with Crippen LogP contribution in [-0.2, 0) is 4.79 Å². The summed E-state index contributed by atoms with van der Waals surface area (Å²) in [5, 5.41) is 2.79. The van der Waals surface area contributed by atoms with E-state index in [0.717, 1.165) is 0 Å². The van der Waals surface area contributed by atoms with Crippen molar-refractivity contribution in [3.05, 3.63) is 59.9 Å². The van der Waals surface area contributed by atoms with Crippen LogP contribution in [-0.4, -0.2) is 58.7 Å². The second-order valence-electron chi connectivity index (χ2n) is 7.05. The van der Waals surface area contributed by atoms with Crippen LogP contribution >= 0.6 is 0 Å². The molecule has 1 aromatic carbocycles. The van der Waals surface area contributed by atoms with Crippen LogP contribution in [0.1, 0.15) is 34.6 Å². The van der Waals surface area contributed by atoms with Gasteiger partial charge in [0.25, 0.3) is 11.8 Å². The number of anilines is 1. The summed E-state index contributed by atoms with van der Waals surface area (Å²) in [7, 11) is 0. The number of amides is 3. The molecule has 0 atom stereocenters. The number of nitrogens with zero attached hydrogens (tertiary/aromatic N) is 3. The first-order chi connectivity index (χ1) is 13.5. The van der Waals surface area contributed by atoms with Crippen molar-refractivity contribution in [3.63, 3.8) is 0 Å². The van der Waals surface area contributed by atoms with E-state index in [4.69, 9.17) is 0 Å². The third kappa shape index (κ3) is 4.54. The summed E-state index contributed by atoms with van der Waals surface area (Å²) in [4.78, 5) is 44.7. The van der Waals surface area contributed by atoms with Gasteiger partial charge in [0, 0.05) is 55.7 Å². The number of rotatable bonds is 4. The summed E-state index contributed by atoms with van der Waals surface area (Å²) in [5.41, 5.74) is 1.51. The highest BCUT2D eigenvalue weighted by molar-refractivity contribution is 6.05. The zero-order chi connectivity index (χ0) is 20.1. The van der Waals surface area contributed by atoms with Gasteiger partial charge in [0.05, 0.1) is 5.56 Å². The molecule has 28 heavy (non-hydrogen) atoms. The number of hydrogen-bond acceptors (Lipinski definition) is 4. The van der Waals surface area contributed by atoms with E-state index in [2.05, 4.69) is 10.3 Å². The van der Waals surface area contributed by atoms with E-state index in [1.807, 2.05) is 13.8 Å². The standard InChI is InChI=1S/C21H24N4O3/c1-15(2)20(27)24-9-11-25(12-10-24)21(28)16-5-3-7-18(13-16)23-19(26)17-6-4-8-22-14-17/h3-8,13-15H,9-12H2,1-2H3,(H,23,26). The van der Waals surface area contributed by atoms with Crippen LogP contribution in [0.5, 0.6) is 0 Å². The van der Waals surface area contributed by atoms with E-state index in [-0.39, 0.29) is 23.6 Å². The Bertz CT molecular complexity index is 859. The second-order valence-corrected chi connectivity index (χ2v) is 7.05. The molecule has 1 fully saturated rings. The average molecular weight is 380 g/mol. The van der Waals surface area contributed by atoms with Crippen molar-refractivity contribution in [2.24, 2.45) is 5.92 Å². The van der Waals surface area contributed by atoms with Crippen molar-refractivity contribution in [3.8, 4) is 0 Å². The maximum atomic E-state index is 12.8. The van der Waals surface area contributed by atoms with Gasteiger partial charge in [-0.05, 0) is 30.3 Å². The minimum absolute atomic E-state index is 0.0395. The molecule has 0 aliphatic carbocycles. The van der Waals surface area contributed by atoms with Crippen molar-refractivity contribution < 1.29 is 14.4 Å². The van der Waals surface area contributed by atoms with Crippen LogP contribution in [0.3, 0.4) is 0 Å². The van der Waals surface area contributed by atoms with E-state index in [1.165, 1.54) is 6.20 Å². The molecule has 7 nitrogen and oxygen atoms in total. The molecule has 146 valence electrons. The SMILES string of the molecule is CC(C)C(=O)N1CCN(C(=O)c2cccc(NC(=O)c3cccnc3)c2)CC1. The second kappa shape index (κ2) is 8.65. The number of aromatic nitrogens is 1. The van der Waals surface area contributed by atoms with Crippen molar-refractivity contribution in [1.82, 2.24) is 14.8 Å². The Hall–Kier alpha value is -3.22. The lowest BCUT2D eigenvalue weighted by Crippen LogP contribution is -2.51. The van der Waals surface area contributed by atoms with E-state index in [0.29, 0.717) is 43.0 Å². The fraction of sp³-hybridized carbons (Fsp3) is 0.333. The number of benzene rings is 1. The van der Waals surface area contributed by atoms with Gasteiger partial charge in [-0.2, -0.15) is 0 Å². The lowest BCUT2D eigenvalue weighted by atomic mass is 10.1. The zero-order valence-corrected chi connectivity index (χ0v) is 16.1. The Labute approximate surface area is 164 Å². The predicted octanol–water partition coefficient (Wildman–Crippen LogP) is 2.27. The first kappa shape index (κ1) is 19.5. The van der Waals surface area contributed by atoms with Crippen molar-refractivity contribution in [2.45, 2.75) is 13.8 Å². The highest BCUT2D eigenvalue weighted by Gasteiger charge is 2.26. The van der Waals surface area contributed by atoms with Gasteiger partial charge >= 0.3 is 0 Å². The smallest absolute Gasteiger partial charge is 0.257 e. The maximum Gasteiger partial charge on any atom is 0.257 e. The Morgan fingerprint density at radius 2 is 1.64 bits per heavy atom. The molecule has 3 rings (SSSR count). The summed E-state index contributed by atoms with van der Waals surface area (Å²) in [6.07, 6.45) is 3.09. The molecular formula is C21H24N4O3. The van der Waals surface area contributed by atoms with Gasteiger partial charge in [-0.25, -0.2) is 0 Å². The van der Waals surface area contributed by atoms with Crippen LogP contribution in [0.2, 0.25) is 0 Å². The molecule has 0 saturated carbocycles. The van der Waals surface area contributed by atoms with Crippen molar-refractivity contribution >= 4 is 23.4 Å². The minimum atomic E-state index is -0.279. The molecule has 0 unspecified atom stereocenters. The molecular weight excluding hydrogens is 356 g/mol. The summed E-state index contributed by atoms with van der Waals surface area (Å²) < 4.78 is 0. The lowest BCUT2D eigenvalue weighted by molar-refractivity contribution is -0.135.